The minimum atomic E-state index is -5.32. The first kappa shape index (κ1) is 24.7. The maximum absolute atomic E-state index is 14.1. The Morgan fingerprint density at radius 1 is 1.00 bits per heavy atom. The second kappa shape index (κ2) is 9.49. The summed E-state index contributed by atoms with van der Waals surface area (Å²) in [6, 6.07) is 9.01. The minimum Gasteiger partial charge on any atom is -0.497 e. The number of hydrogen-bond acceptors (Lipinski definition) is 6. The molecule has 3 rings (SSSR count). The summed E-state index contributed by atoms with van der Waals surface area (Å²) in [5, 5.41) is 3.28. The topological polar surface area (TPSA) is 106 Å². The van der Waals surface area contributed by atoms with Crippen LogP contribution in [-0.2, 0) is 11.2 Å². The van der Waals surface area contributed by atoms with Crippen LogP contribution in [0.1, 0.15) is 15.9 Å². The Morgan fingerprint density at radius 2 is 1.65 bits per heavy atom. The highest BCUT2D eigenvalue weighted by Gasteiger charge is 2.68. The van der Waals surface area contributed by atoms with Crippen LogP contribution >= 0.6 is 0 Å². The van der Waals surface area contributed by atoms with E-state index in [0.29, 0.717) is 16.2 Å². The minimum absolute atomic E-state index is 0.0964. The fourth-order valence-corrected chi connectivity index (χ4v) is 3.38. The first-order valence-electron chi connectivity index (χ1n) is 9.94. The monoisotopic (exact) mass is 481 g/mol. The molecule has 1 saturated heterocycles. The van der Waals surface area contributed by atoms with Crippen molar-refractivity contribution in [2.24, 2.45) is 0 Å². The zero-order valence-corrected chi connectivity index (χ0v) is 18.5. The van der Waals surface area contributed by atoms with Crippen molar-refractivity contribution in [3.63, 3.8) is 0 Å². The number of carbonyl (C=O) groups excluding carboxylic acids is 3. The first-order valence-corrected chi connectivity index (χ1v) is 9.94. The second-order valence-electron chi connectivity index (χ2n) is 7.26. The van der Waals surface area contributed by atoms with E-state index in [-0.39, 0.29) is 30.0 Å². The van der Waals surface area contributed by atoms with E-state index in [2.05, 4.69) is 0 Å². The van der Waals surface area contributed by atoms with Gasteiger partial charge in [0.25, 0.3) is 17.5 Å². The van der Waals surface area contributed by atoms with E-state index >= 15 is 0 Å². The molecule has 1 heterocycles. The lowest BCUT2D eigenvalue weighted by Crippen LogP contribution is -2.69. The molecule has 2 N–H and O–H groups in total. The normalized spacial score (nSPS) is 17.9. The van der Waals surface area contributed by atoms with Gasteiger partial charge in [-0.15, -0.1) is 0 Å². The average molecular weight is 481 g/mol. The lowest BCUT2D eigenvalue weighted by atomic mass is 10.1. The molecule has 182 valence electrons. The predicted molar refractivity (Wildman–Crippen MR) is 113 cm³/mol. The van der Waals surface area contributed by atoms with Gasteiger partial charge < -0.3 is 19.5 Å². The first-order chi connectivity index (χ1) is 16.1. The molecule has 4 amide bonds. The maximum Gasteiger partial charge on any atom is 0.440 e. The summed E-state index contributed by atoms with van der Waals surface area (Å²) < 4.78 is 57.3. The predicted octanol–water partition coefficient (Wildman–Crippen LogP) is 2.50. The molecular formula is C22H22F3N3O6. The van der Waals surface area contributed by atoms with Crippen molar-refractivity contribution >= 4 is 17.8 Å². The number of methoxy groups -OCH3 is 3. The van der Waals surface area contributed by atoms with E-state index in [1.165, 1.54) is 33.5 Å². The highest BCUT2D eigenvalue weighted by atomic mass is 19.4. The van der Waals surface area contributed by atoms with Gasteiger partial charge in [0.15, 0.2) is 11.5 Å². The molecule has 2 aromatic carbocycles. The lowest BCUT2D eigenvalue weighted by Gasteiger charge is -2.30. The summed E-state index contributed by atoms with van der Waals surface area (Å²) in [4.78, 5) is 38.3. The lowest BCUT2D eigenvalue weighted by molar-refractivity contribution is -0.200. The van der Waals surface area contributed by atoms with Gasteiger partial charge in [0, 0.05) is 12.1 Å². The van der Waals surface area contributed by atoms with Crippen molar-refractivity contribution in [3.05, 3.63) is 53.6 Å². The fourth-order valence-electron chi connectivity index (χ4n) is 3.38. The van der Waals surface area contributed by atoms with E-state index in [9.17, 15) is 27.6 Å². The van der Waals surface area contributed by atoms with Gasteiger partial charge in [-0.05, 0) is 42.3 Å². The van der Waals surface area contributed by atoms with Gasteiger partial charge >= 0.3 is 12.2 Å². The number of benzene rings is 2. The Balaban J connectivity index is 1.83. The number of amides is 4. The van der Waals surface area contributed by atoms with Gasteiger partial charge in [0.1, 0.15) is 5.75 Å². The summed E-state index contributed by atoms with van der Waals surface area (Å²) in [5.41, 5.74) is -3.19. The van der Waals surface area contributed by atoms with E-state index in [1.807, 2.05) is 0 Å². The third kappa shape index (κ3) is 4.56. The summed E-state index contributed by atoms with van der Waals surface area (Å²) in [6.07, 6.45) is -5.22. The SMILES string of the molecule is COc1ccc(CCN2C(=O)NC(NC(=O)c3ccc(OC)c(OC)c3)(C(F)(F)F)C2=O)cc1. The van der Waals surface area contributed by atoms with Crippen molar-refractivity contribution in [2.45, 2.75) is 18.3 Å². The fraction of sp³-hybridized carbons (Fsp3) is 0.318. The van der Waals surface area contributed by atoms with Crippen LogP contribution in [-0.4, -0.2) is 62.5 Å². The van der Waals surface area contributed by atoms with Gasteiger partial charge in [-0.1, -0.05) is 12.1 Å². The number of nitrogens with zero attached hydrogens (tertiary/aromatic N) is 1. The quantitative estimate of drug-likeness (QED) is 0.562. The van der Waals surface area contributed by atoms with Crippen LogP contribution < -0.4 is 24.8 Å². The van der Waals surface area contributed by atoms with Gasteiger partial charge in [-0.25, -0.2) is 4.79 Å². The molecule has 0 aromatic heterocycles. The highest BCUT2D eigenvalue weighted by molar-refractivity contribution is 6.10. The van der Waals surface area contributed by atoms with E-state index in [0.717, 1.165) is 6.07 Å². The second-order valence-corrected chi connectivity index (χ2v) is 7.26. The molecule has 1 unspecified atom stereocenters. The molecule has 9 nitrogen and oxygen atoms in total. The van der Waals surface area contributed by atoms with Gasteiger partial charge in [0.05, 0.1) is 21.3 Å². The van der Waals surface area contributed by atoms with Crippen molar-refractivity contribution < 1.29 is 41.8 Å². The van der Waals surface area contributed by atoms with Crippen molar-refractivity contribution in [3.8, 4) is 17.2 Å². The number of nitrogens with one attached hydrogen (secondary N) is 2. The maximum atomic E-state index is 14.1. The number of urea groups is 1. The standard InChI is InChI=1S/C22H22F3N3O6/c1-32-15-7-4-13(5-8-15)10-11-28-19(30)21(22(23,24)25,27-20(28)31)26-18(29)14-6-9-16(33-2)17(12-14)34-3/h4-9,12H,10-11H2,1-3H3,(H,26,29)(H,27,31). The van der Waals surface area contributed by atoms with Crippen LogP contribution in [0, 0.1) is 0 Å². The van der Waals surface area contributed by atoms with E-state index in [4.69, 9.17) is 14.2 Å². The van der Waals surface area contributed by atoms with Crippen molar-refractivity contribution in [1.29, 1.82) is 0 Å². The number of carbonyl (C=O) groups is 3. The van der Waals surface area contributed by atoms with Crippen LogP contribution in [0.2, 0.25) is 0 Å². The molecule has 0 saturated carbocycles. The average Bonchev–Trinajstić information content (AvgIpc) is 3.07. The smallest absolute Gasteiger partial charge is 0.440 e. The zero-order valence-electron chi connectivity index (χ0n) is 18.5. The largest absolute Gasteiger partial charge is 0.497 e. The van der Waals surface area contributed by atoms with Crippen molar-refractivity contribution in [2.75, 3.05) is 27.9 Å². The Hall–Kier alpha value is -3.96. The molecule has 0 bridgehead atoms. The molecule has 0 aliphatic carbocycles. The summed E-state index contributed by atoms with van der Waals surface area (Å²) in [6.45, 7) is -0.332. The molecule has 1 atom stereocenters. The number of rotatable bonds is 8. The molecule has 34 heavy (non-hydrogen) atoms. The highest BCUT2D eigenvalue weighted by Crippen LogP contribution is 2.35. The molecule has 0 radical (unpaired) electrons. The summed E-state index contributed by atoms with van der Waals surface area (Å²) in [5.74, 6) is -1.96. The number of halogens is 3. The third-order valence-corrected chi connectivity index (χ3v) is 5.26. The Kier molecular flexibility index (Phi) is 6.89. The van der Waals surface area contributed by atoms with Crippen LogP contribution in [0.15, 0.2) is 42.5 Å². The third-order valence-electron chi connectivity index (χ3n) is 5.26. The van der Waals surface area contributed by atoms with E-state index in [1.54, 1.807) is 34.9 Å². The van der Waals surface area contributed by atoms with Gasteiger partial charge in [-0.3, -0.25) is 19.8 Å². The molecule has 12 heteroatoms. The van der Waals surface area contributed by atoms with Crippen LogP contribution in [0.5, 0.6) is 17.2 Å². The number of hydrogen-bond donors (Lipinski definition) is 2. The summed E-state index contributed by atoms with van der Waals surface area (Å²) in [7, 11) is 4.12. The van der Waals surface area contributed by atoms with Gasteiger partial charge in [0.2, 0.25) is 0 Å². The molecule has 1 aliphatic rings. The zero-order chi connectivity index (χ0) is 25.1. The Labute approximate surface area is 192 Å². The Morgan fingerprint density at radius 3 is 2.21 bits per heavy atom. The molecule has 1 fully saturated rings. The van der Waals surface area contributed by atoms with Crippen molar-refractivity contribution in [1.82, 2.24) is 15.5 Å². The number of alkyl halides is 3. The van der Waals surface area contributed by atoms with Crippen LogP contribution in [0.3, 0.4) is 0 Å². The molecular weight excluding hydrogens is 459 g/mol. The molecule has 2 aromatic rings. The Bertz CT molecular complexity index is 1090. The molecule has 1 aliphatic heterocycles. The summed E-state index contributed by atoms with van der Waals surface area (Å²) >= 11 is 0. The van der Waals surface area contributed by atoms with Crippen LogP contribution in [0.25, 0.3) is 0 Å². The number of imide groups is 1. The van der Waals surface area contributed by atoms with Gasteiger partial charge in [-0.2, -0.15) is 13.2 Å². The number of ether oxygens (including phenoxy) is 3. The van der Waals surface area contributed by atoms with E-state index < -0.39 is 29.7 Å². The van der Waals surface area contributed by atoms with Crippen LogP contribution in [0.4, 0.5) is 18.0 Å². The molecule has 0 spiro atoms.